The number of hydrogen-bond acceptors (Lipinski definition) is 6. The van der Waals surface area contributed by atoms with Crippen molar-refractivity contribution in [2.45, 2.75) is 51.4 Å². The first-order valence-electron chi connectivity index (χ1n) is 12.0. The molecule has 0 saturated carbocycles. The van der Waals surface area contributed by atoms with E-state index in [1.54, 1.807) is 25.1 Å². The fourth-order valence-corrected chi connectivity index (χ4v) is 6.81. The van der Waals surface area contributed by atoms with Gasteiger partial charge in [0.1, 0.15) is 17.6 Å². The molecule has 190 valence electrons. The average Bonchev–Trinajstić information content (AvgIpc) is 3.30. The van der Waals surface area contributed by atoms with Gasteiger partial charge in [-0.25, -0.2) is 0 Å². The maximum Gasteiger partial charge on any atom is 0.312 e. The molecule has 2 amide bonds. The summed E-state index contributed by atoms with van der Waals surface area (Å²) in [6, 6.07) is 4.33. The minimum atomic E-state index is -1.22. The second-order valence-electron chi connectivity index (χ2n) is 9.85. The summed E-state index contributed by atoms with van der Waals surface area (Å²) >= 11 is 6.53. The summed E-state index contributed by atoms with van der Waals surface area (Å²) in [5.74, 6) is -3.07. The van der Waals surface area contributed by atoms with E-state index in [1.807, 2.05) is 26.8 Å². The van der Waals surface area contributed by atoms with Crippen molar-refractivity contribution in [1.29, 1.82) is 0 Å². The van der Waals surface area contributed by atoms with Crippen LogP contribution in [0.5, 0.6) is 0 Å². The van der Waals surface area contributed by atoms with Crippen LogP contribution in [0.3, 0.4) is 0 Å². The number of halogens is 1. The molecule has 0 aliphatic carbocycles. The second kappa shape index (κ2) is 9.22. The fraction of sp³-hybridized carbons (Fsp3) is 0.577. The van der Waals surface area contributed by atoms with Crippen LogP contribution in [0.1, 0.15) is 32.8 Å². The minimum absolute atomic E-state index is 0.0546. The number of hydrogen-bond donors (Lipinski definition) is 1. The number of ether oxygens (including phenoxy) is 2. The van der Waals surface area contributed by atoms with Crippen molar-refractivity contribution in [3.8, 4) is 0 Å². The molecule has 1 aromatic rings. The van der Waals surface area contributed by atoms with Crippen molar-refractivity contribution >= 4 is 35.1 Å². The standard InChI is InChI=1S/C26H33ClN2O6/c1-6-11-28(20-15(3)9-8-10-17(20)27)23(32)21-26-14-16(4)25(5,35-26)19(24(33)34-7-2)18(26)22(31)29(21)12-13-30/h6,8-10,16,18-19,21,30H,1,7,11-14H2,2-5H3/t16?,18-,19-,21?,25+,26?/m0/s1. The number of fused-ring (bicyclic) bond motifs is 1. The number of esters is 1. The first-order chi connectivity index (χ1) is 16.6. The van der Waals surface area contributed by atoms with Gasteiger partial charge in [0.25, 0.3) is 5.91 Å². The zero-order valence-electron chi connectivity index (χ0n) is 20.6. The number of benzene rings is 1. The molecule has 6 atom stereocenters. The van der Waals surface area contributed by atoms with Crippen molar-refractivity contribution in [1.82, 2.24) is 4.90 Å². The first-order valence-corrected chi connectivity index (χ1v) is 12.4. The summed E-state index contributed by atoms with van der Waals surface area (Å²) in [7, 11) is 0. The number of aliphatic hydroxyl groups excluding tert-OH is 1. The van der Waals surface area contributed by atoms with Gasteiger partial charge in [-0.05, 0) is 44.7 Å². The van der Waals surface area contributed by atoms with E-state index in [0.717, 1.165) is 5.56 Å². The lowest BCUT2D eigenvalue weighted by Gasteiger charge is -2.37. The molecule has 0 aromatic heterocycles. The Morgan fingerprint density at radius 3 is 2.74 bits per heavy atom. The van der Waals surface area contributed by atoms with E-state index in [2.05, 4.69) is 6.58 Å². The van der Waals surface area contributed by atoms with Gasteiger partial charge in [0.15, 0.2) is 0 Å². The van der Waals surface area contributed by atoms with Gasteiger partial charge in [-0.1, -0.05) is 36.7 Å². The lowest BCUT2D eigenvalue weighted by atomic mass is 9.62. The van der Waals surface area contributed by atoms with E-state index in [1.165, 1.54) is 9.80 Å². The molecular formula is C26H33ClN2O6. The van der Waals surface area contributed by atoms with Crippen LogP contribution in [-0.2, 0) is 23.9 Å². The Morgan fingerprint density at radius 1 is 1.43 bits per heavy atom. The normalized spacial score (nSPS) is 33.1. The van der Waals surface area contributed by atoms with E-state index in [0.29, 0.717) is 17.1 Å². The molecule has 1 N–H and O–H groups in total. The summed E-state index contributed by atoms with van der Waals surface area (Å²) in [6.07, 6.45) is 2.03. The number of para-hydroxylation sites is 1. The maximum atomic E-state index is 14.4. The summed E-state index contributed by atoms with van der Waals surface area (Å²) in [5.41, 5.74) is -0.839. The molecule has 4 rings (SSSR count). The molecule has 2 bridgehead atoms. The predicted molar refractivity (Wildman–Crippen MR) is 131 cm³/mol. The third kappa shape index (κ3) is 3.60. The highest BCUT2D eigenvalue weighted by Crippen LogP contribution is 2.65. The summed E-state index contributed by atoms with van der Waals surface area (Å²) in [5, 5.41) is 10.2. The zero-order chi connectivity index (χ0) is 25.7. The van der Waals surface area contributed by atoms with Crippen molar-refractivity contribution in [2.75, 3.05) is 31.2 Å². The fourth-order valence-electron chi connectivity index (χ4n) is 6.49. The van der Waals surface area contributed by atoms with Crippen LogP contribution in [0.25, 0.3) is 0 Å². The lowest BCUT2D eigenvalue weighted by molar-refractivity contribution is -0.161. The Bertz CT molecular complexity index is 1040. The highest BCUT2D eigenvalue weighted by molar-refractivity contribution is 6.34. The number of likely N-dealkylation sites (tertiary alicyclic amines) is 1. The molecule has 3 aliphatic heterocycles. The number of amides is 2. The summed E-state index contributed by atoms with van der Waals surface area (Å²) in [6.45, 7) is 11.1. The summed E-state index contributed by atoms with van der Waals surface area (Å²) < 4.78 is 12.0. The smallest absolute Gasteiger partial charge is 0.312 e. The van der Waals surface area contributed by atoms with E-state index >= 15 is 0 Å². The van der Waals surface area contributed by atoms with Crippen LogP contribution >= 0.6 is 11.6 Å². The van der Waals surface area contributed by atoms with Gasteiger partial charge in [0.2, 0.25) is 5.91 Å². The Morgan fingerprint density at radius 2 is 2.14 bits per heavy atom. The highest BCUT2D eigenvalue weighted by Gasteiger charge is 2.80. The van der Waals surface area contributed by atoms with Gasteiger partial charge in [0, 0.05) is 13.1 Å². The number of nitrogens with zero attached hydrogens (tertiary/aromatic N) is 2. The Kier molecular flexibility index (Phi) is 6.76. The quantitative estimate of drug-likeness (QED) is 0.432. The van der Waals surface area contributed by atoms with Gasteiger partial charge >= 0.3 is 5.97 Å². The van der Waals surface area contributed by atoms with Crippen molar-refractivity contribution in [3.63, 3.8) is 0 Å². The number of carbonyl (C=O) groups excluding carboxylic acids is 3. The number of anilines is 1. The van der Waals surface area contributed by atoms with E-state index in [9.17, 15) is 19.5 Å². The number of carbonyl (C=O) groups is 3. The molecular weight excluding hydrogens is 472 g/mol. The monoisotopic (exact) mass is 504 g/mol. The molecule has 1 spiro atoms. The first kappa shape index (κ1) is 25.7. The summed E-state index contributed by atoms with van der Waals surface area (Å²) in [4.78, 5) is 44.2. The SMILES string of the molecule is C=CCN(C(=O)C1N(CCO)C(=O)[C@@H]2[C@@H](C(=O)OCC)[C@]3(C)OC12CC3C)c1c(C)cccc1Cl. The van der Waals surface area contributed by atoms with Gasteiger partial charge in [-0.3, -0.25) is 14.4 Å². The maximum absolute atomic E-state index is 14.4. The van der Waals surface area contributed by atoms with Gasteiger partial charge in [-0.2, -0.15) is 0 Å². The largest absolute Gasteiger partial charge is 0.466 e. The molecule has 9 heteroatoms. The van der Waals surface area contributed by atoms with Gasteiger partial charge < -0.3 is 24.4 Å². The van der Waals surface area contributed by atoms with Gasteiger partial charge in [0.05, 0.1) is 35.4 Å². The molecule has 8 nitrogen and oxygen atoms in total. The number of aliphatic hydroxyl groups is 1. The second-order valence-corrected chi connectivity index (χ2v) is 10.3. The highest BCUT2D eigenvalue weighted by atomic mass is 35.5. The number of β-amino-alcohol motifs (C(OH)–C–C–N with tert-alkyl or cyclic N) is 1. The molecule has 0 radical (unpaired) electrons. The third-order valence-electron chi connectivity index (χ3n) is 7.97. The Balaban J connectivity index is 1.86. The topological polar surface area (TPSA) is 96.4 Å². The molecule has 3 unspecified atom stereocenters. The van der Waals surface area contributed by atoms with E-state index in [-0.39, 0.29) is 44.0 Å². The molecule has 3 aliphatic rings. The van der Waals surface area contributed by atoms with Crippen LogP contribution < -0.4 is 4.90 Å². The van der Waals surface area contributed by atoms with Crippen LogP contribution in [-0.4, -0.2) is 71.3 Å². The third-order valence-corrected chi connectivity index (χ3v) is 8.27. The molecule has 3 fully saturated rings. The number of rotatable bonds is 8. The Labute approximate surface area is 210 Å². The van der Waals surface area contributed by atoms with Crippen LogP contribution in [0.15, 0.2) is 30.9 Å². The van der Waals surface area contributed by atoms with E-state index < -0.39 is 35.0 Å². The van der Waals surface area contributed by atoms with Crippen LogP contribution in [0, 0.1) is 24.7 Å². The zero-order valence-corrected chi connectivity index (χ0v) is 21.4. The van der Waals surface area contributed by atoms with Crippen LogP contribution in [0.2, 0.25) is 5.02 Å². The predicted octanol–water partition coefficient (Wildman–Crippen LogP) is 2.73. The molecule has 35 heavy (non-hydrogen) atoms. The van der Waals surface area contributed by atoms with Crippen molar-refractivity contribution in [2.24, 2.45) is 17.8 Å². The van der Waals surface area contributed by atoms with E-state index in [4.69, 9.17) is 21.1 Å². The molecule has 3 heterocycles. The number of aryl methyl sites for hydroxylation is 1. The Hall–Kier alpha value is -2.42. The lowest BCUT2D eigenvalue weighted by Crippen LogP contribution is -2.57. The molecule has 3 saturated heterocycles. The minimum Gasteiger partial charge on any atom is -0.466 e. The van der Waals surface area contributed by atoms with Crippen molar-refractivity contribution < 1.29 is 29.0 Å². The van der Waals surface area contributed by atoms with Crippen LogP contribution in [0.4, 0.5) is 5.69 Å². The van der Waals surface area contributed by atoms with Crippen molar-refractivity contribution in [3.05, 3.63) is 41.4 Å². The van der Waals surface area contributed by atoms with Gasteiger partial charge in [-0.15, -0.1) is 6.58 Å². The average molecular weight is 505 g/mol. The molecule has 1 aromatic carbocycles.